The number of aryl methyl sites for hydroxylation is 1. The van der Waals surface area contributed by atoms with Gasteiger partial charge in [-0.15, -0.1) is 11.3 Å². The maximum absolute atomic E-state index is 11.8. The van der Waals surface area contributed by atoms with Crippen LogP contribution >= 0.6 is 27.3 Å². The smallest absolute Gasteiger partial charge is 0.275 e. The highest BCUT2D eigenvalue weighted by molar-refractivity contribution is 9.10. The van der Waals surface area contributed by atoms with Crippen molar-refractivity contribution in [2.75, 3.05) is 11.1 Å². The summed E-state index contributed by atoms with van der Waals surface area (Å²) in [6.07, 6.45) is 0. The molecule has 1 amide bonds. The van der Waals surface area contributed by atoms with E-state index in [0.29, 0.717) is 10.8 Å². The third-order valence-corrected chi connectivity index (χ3v) is 3.92. The fourth-order valence-electron chi connectivity index (χ4n) is 1.32. The lowest BCUT2D eigenvalue weighted by atomic mass is 10.2. The van der Waals surface area contributed by atoms with Crippen molar-refractivity contribution in [1.82, 2.24) is 4.98 Å². The van der Waals surface area contributed by atoms with Crippen LogP contribution < -0.4 is 11.1 Å². The summed E-state index contributed by atoms with van der Waals surface area (Å²) in [6, 6.07) is 5.66. The molecule has 0 radical (unpaired) electrons. The monoisotopic (exact) mass is 311 g/mol. The van der Waals surface area contributed by atoms with E-state index in [1.807, 2.05) is 25.1 Å². The number of nitrogens with two attached hydrogens (primary N) is 1. The number of thiazole rings is 1. The fraction of sp³-hybridized carbons (Fsp3) is 0.0909. The number of nitrogens with zero attached hydrogens (tertiary/aromatic N) is 1. The van der Waals surface area contributed by atoms with Gasteiger partial charge < -0.3 is 11.1 Å². The van der Waals surface area contributed by atoms with Crippen molar-refractivity contribution in [2.45, 2.75) is 6.92 Å². The molecule has 0 saturated carbocycles. The molecule has 0 spiro atoms. The predicted molar refractivity (Wildman–Crippen MR) is 73.4 cm³/mol. The van der Waals surface area contributed by atoms with Crippen molar-refractivity contribution in [3.8, 4) is 0 Å². The Bertz CT molecular complexity index is 568. The van der Waals surface area contributed by atoms with Crippen LogP contribution in [0.3, 0.4) is 0 Å². The second kappa shape index (κ2) is 4.85. The van der Waals surface area contributed by atoms with Crippen LogP contribution in [0.15, 0.2) is 28.1 Å². The van der Waals surface area contributed by atoms with Gasteiger partial charge in [-0.3, -0.25) is 4.79 Å². The second-order valence-electron chi connectivity index (χ2n) is 3.46. The first-order valence-electron chi connectivity index (χ1n) is 4.85. The van der Waals surface area contributed by atoms with Gasteiger partial charge >= 0.3 is 0 Å². The summed E-state index contributed by atoms with van der Waals surface area (Å²) < 4.78 is 0.872. The third-order valence-electron chi connectivity index (χ3n) is 2.19. The molecule has 0 aliphatic heterocycles. The quantitative estimate of drug-likeness (QED) is 0.895. The van der Waals surface area contributed by atoms with Crippen LogP contribution in [0.5, 0.6) is 0 Å². The Morgan fingerprint density at radius 2 is 2.29 bits per heavy atom. The highest BCUT2D eigenvalue weighted by atomic mass is 79.9. The molecule has 88 valence electrons. The molecule has 2 rings (SSSR count). The Morgan fingerprint density at radius 3 is 2.94 bits per heavy atom. The second-order valence-corrected chi connectivity index (χ2v) is 5.14. The van der Waals surface area contributed by atoms with E-state index in [2.05, 4.69) is 26.2 Å². The number of amides is 1. The maximum Gasteiger partial charge on any atom is 0.275 e. The molecule has 6 heteroatoms. The van der Waals surface area contributed by atoms with Gasteiger partial charge in [0.2, 0.25) is 0 Å². The van der Waals surface area contributed by atoms with Crippen LogP contribution in [-0.2, 0) is 0 Å². The van der Waals surface area contributed by atoms with E-state index in [0.717, 1.165) is 15.7 Å². The van der Waals surface area contributed by atoms with Crippen LogP contribution in [0.4, 0.5) is 10.8 Å². The van der Waals surface area contributed by atoms with Crippen LogP contribution in [0.1, 0.15) is 16.1 Å². The van der Waals surface area contributed by atoms with Crippen LogP contribution in [0, 0.1) is 6.92 Å². The SMILES string of the molecule is Cc1cccc(NC(=O)c2csc(N)n2)c1Br. The summed E-state index contributed by atoms with van der Waals surface area (Å²) in [5.74, 6) is -0.260. The summed E-state index contributed by atoms with van der Waals surface area (Å²) in [4.78, 5) is 15.8. The highest BCUT2D eigenvalue weighted by Gasteiger charge is 2.11. The Hall–Kier alpha value is -1.40. The Morgan fingerprint density at radius 1 is 1.53 bits per heavy atom. The van der Waals surface area contributed by atoms with Gasteiger partial charge in [-0.1, -0.05) is 12.1 Å². The summed E-state index contributed by atoms with van der Waals surface area (Å²) in [5, 5.41) is 4.80. The number of hydrogen-bond acceptors (Lipinski definition) is 4. The average Bonchev–Trinajstić information content (AvgIpc) is 2.72. The number of rotatable bonds is 2. The molecule has 0 unspecified atom stereocenters. The van der Waals surface area contributed by atoms with Gasteiger partial charge in [0, 0.05) is 9.85 Å². The summed E-state index contributed by atoms with van der Waals surface area (Å²) in [7, 11) is 0. The lowest BCUT2D eigenvalue weighted by Gasteiger charge is -2.07. The van der Waals surface area contributed by atoms with Gasteiger partial charge in [0.1, 0.15) is 5.69 Å². The van der Waals surface area contributed by atoms with Crippen LogP contribution in [0.2, 0.25) is 0 Å². The number of carbonyl (C=O) groups is 1. The van der Waals surface area contributed by atoms with Crippen LogP contribution in [-0.4, -0.2) is 10.9 Å². The largest absolute Gasteiger partial charge is 0.375 e. The third kappa shape index (κ3) is 2.65. The molecule has 17 heavy (non-hydrogen) atoms. The van der Waals surface area contributed by atoms with E-state index in [1.54, 1.807) is 5.38 Å². The molecule has 1 heterocycles. The molecule has 0 aliphatic carbocycles. The Labute approximate surface area is 111 Å². The van der Waals surface area contributed by atoms with E-state index in [4.69, 9.17) is 5.73 Å². The molecule has 0 atom stereocenters. The predicted octanol–water partition coefficient (Wildman–Crippen LogP) is 3.05. The summed E-state index contributed by atoms with van der Waals surface area (Å²) in [6.45, 7) is 1.96. The maximum atomic E-state index is 11.8. The normalized spacial score (nSPS) is 10.2. The van der Waals surface area contributed by atoms with Gasteiger partial charge in [0.15, 0.2) is 5.13 Å². The van der Waals surface area contributed by atoms with Crippen molar-refractivity contribution >= 4 is 44.0 Å². The minimum atomic E-state index is -0.260. The zero-order valence-electron chi connectivity index (χ0n) is 9.03. The highest BCUT2D eigenvalue weighted by Crippen LogP contribution is 2.26. The molecular formula is C11H10BrN3OS. The Balaban J connectivity index is 2.21. The minimum Gasteiger partial charge on any atom is -0.375 e. The van der Waals surface area contributed by atoms with E-state index in [1.165, 1.54) is 11.3 Å². The van der Waals surface area contributed by atoms with E-state index in [-0.39, 0.29) is 5.91 Å². The van der Waals surface area contributed by atoms with Crippen molar-refractivity contribution in [3.63, 3.8) is 0 Å². The zero-order valence-corrected chi connectivity index (χ0v) is 11.4. The van der Waals surface area contributed by atoms with E-state index < -0.39 is 0 Å². The summed E-state index contributed by atoms with van der Waals surface area (Å²) >= 11 is 4.67. The van der Waals surface area contributed by atoms with Gasteiger partial charge in [0.25, 0.3) is 5.91 Å². The van der Waals surface area contributed by atoms with Crippen molar-refractivity contribution in [3.05, 3.63) is 39.3 Å². The van der Waals surface area contributed by atoms with Crippen molar-refractivity contribution in [1.29, 1.82) is 0 Å². The minimum absolute atomic E-state index is 0.260. The van der Waals surface area contributed by atoms with Gasteiger partial charge in [-0.05, 0) is 34.5 Å². The first-order chi connectivity index (χ1) is 8.08. The van der Waals surface area contributed by atoms with Gasteiger partial charge in [0.05, 0.1) is 5.69 Å². The molecule has 1 aromatic heterocycles. The number of anilines is 2. The number of nitrogen functional groups attached to an aromatic ring is 1. The molecular weight excluding hydrogens is 302 g/mol. The Kier molecular flexibility index (Phi) is 3.44. The first-order valence-corrected chi connectivity index (χ1v) is 6.52. The lowest BCUT2D eigenvalue weighted by molar-refractivity contribution is 0.102. The summed E-state index contributed by atoms with van der Waals surface area (Å²) in [5.41, 5.74) is 7.60. The topological polar surface area (TPSA) is 68.0 Å². The van der Waals surface area contributed by atoms with E-state index in [9.17, 15) is 4.79 Å². The van der Waals surface area contributed by atoms with Crippen LogP contribution in [0.25, 0.3) is 0 Å². The number of hydrogen-bond donors (Lipinski definition) is 2. The standard InChI is InChI=1S/C11H10BrN3OS/c1-6-3-2-4-7(9(6)12)14-10(16)8-5-17-11(13)15-8/h2-5H,1H3,(H2,13,15)(H,14,16). The number of nitrogens with one attached hydrogen (secondary N) is 1. The van der Waals surface area contributed by atoms with Gasteiger partial charge in [-0.2, -0.15) is 0 Å². The molecule has 0 aliphatic rings. The molecule has 1 aromatic carbocycles. The molecule has 2 aromatic rings. The molecule has 3 N–H and O–H groups in total. The van der Waals surface area contributed by atoms with E-state index >= 15 is 0 Å². The number of halogens is 1. The first kappa shape index (κ1) is 12.1. The van der Waals surface area contributed by atoms with Crippen molar-refractivity contribution < 1.29 is 4.79 Å². The molecule has 4 nitrogen and oxygen atoms in total. The zero-order chi connectivity index (χ0) is 12.4. The fourth-order valence-corrected chi connectivity index (χ4v) is 2.23. The lowest BCUT2D eigenvalue weighted by Crippen LogP contribution is -2.13. The number of benzene rings is 1. The molecule has 0 saturated heterocycles. The molecule has 0 fully saturated rings. The molecule has 0 bridgehead atoms. The number of aromatic nitrogens is 1. The van der Waals surface area contributed by atoms with Gasteiger partial charge in [-0.25, -0.2) is 4.98 Å². The average molecular weight is 312 g/mol. The number of carbonyl (C=O) groups excluding carboxylic acids is 1. The van der Waals surface area contributed by atoms with Crippen molar-refractivity contribution in [2.24, 2.45) is 0 Å².